The first-order valence-electron chi connectivity index (χ1n) is 15.6. The summed E-state index contributed by atoms with van der Waals surface area (Å²) < 4.78 is 20.9. The fraction of sp³-hybridized carbons (Fsp3) is 0.576. The van der Waals surface area contributed by atoms with Gasteiger partial charge in [-0.3, -0.25) is 9.88 Å². The SMILES string of the molecule is CC(C)[C@@H](C1CC(N(C)C)C1)N1CC2(CCN(c3ncnnc3Oc3ccc(F)cc3-c3ncccc3C3CC3)C2)C1. The van der Waals surface area contributed by atoms with Gasteiger partial charge in [-0.25, -0.2) is 9.37 Å². The zero-order valence-corrected chi connectivity index (χ0v) is 25.2. The zero-order chi connectivity index (χ0) is 29.0. The van der Waals surface area contributed by atoms with Gasteiger partial charge < -0.3 is 14.5 Å². The van der Waals surface area contributed by atoms with E-state index in [0.717, 1.165) is 68.7 Å². The van der Waals surface area contributed by atoms with Gasteiger partial charge in [-0.15, -0.1) is 10.2 Å². The van der Waals surface area contributed by atoms with Gasteiger partial charge in [-0.05, 0) is 93.8 Å². The first kappa shape index (κ1) is 27.7. The Labute approximate surface area is 248 Å². The second-order valence-corrected chi connectivity index (χ2v) is 13.7. The lowest BCUT2D eigenvalue weighted by Crippen LogP contribution is -2.65. The van der Waals surface area contributed by atoms with Crippen LogP contribution >= 0.6 is 0 Å². The summed E-state index contributed by atoms with van der Waals surface area (Å²) in [6.07, 6.45) is 9.25. The summed E-state index contributed by atoms with van der Waals surface area (Å²) in [4.78, 5) is 16.7. The summed E-state index contributed by atoms with van der Waals surface area (Å²) >= 11 is 0. The van der Waals surface area contributed by atoms with Gasteiger partial charge in [0, 0.05) is 55.4 Å². The molecule has 0 unspecified atom stereocenters. The van der Waals surface area contributed by atoms with Crippen LogP contribution < -0.4 is 9.64 Å². The van der Waals surface area contributed by atoms with Gasteiger partial charge in [0.25, 0.3) is 5.88 Å². The second-order valence-electron chi connectivity index (χ2n) is 13.7. The van der Waals surface area contributed by atoms with Crippen molar-refractivity contribution < 1.29 is 9.13 Å². The van der Waals surface area contributed by atoms with Crippen molar-refractivity contribution in [2.75, 3.05) is 45.2 Å². The Morgan fingerprint density at radius 1 is 1.07 bits per heavy atom. The van der Waals surface area contributed by atoms with Gasteiger partial charge in [-0.2, -0.15) is 0 Å². The third kappa shape index (κ3) is 5.15. The van der Waals surface area contributed by atoms with Crippen LogP contribution in [0.25, 0.3) is 11.3 Å². The molecule has 9 heteroatoms. The minimum absolute atomic E-state index is 0.272. The second kappa shape index (κ2) is 10.8. The third-order valence-electron chi connectivity index (χ3n) is 10.1. The molecule has 2 saturated carbocycles. The van der Waals surface area contributed by atoms with Crippen LogP contribution in [-0.2, 0) is 0 Å². The standard InChI is InChI=1S/C33H42FN7O/c1-21(2)30(23-14-25(15-23)39(3)4)41-18-33(19-41)11-13-40(17-33)31-32(38-37-20-36-31)42-28-10-9-24(34)16-27(28)29-26(22-7-8-22)6-5-12-35-29/h5-6,9-10,12,16,20-23,25,30H,7-8,11,13-15,17-19H2,1-4H3/t23?,25?,30-/m0/s1. The number of nitrogens with zero attached hydrogens (tertiary/aromatic N) is 7. The number of hydrogen-bond acceptors (Lipinski definition) is 8. The highest BCUT2D eigenvalue weighted by atomic mass is 19.1. The van der Waals surface area contributed by atoms with Crippen molar-refractivity contribution in [3.63, 3.8) is 0 Å². The van der Waals surface area contributed by atoms with Gasteiger partial charge in [-0.1, -0.05) is 19.9 Å². The van der Waals surface area contributed by atoms with Crippen LogP contribution in [-0.4, -0.2) is 82.3 Å². The zero-order valence-electron chi connectivity index (χ0n) is 25.2. The molecule has 0 bridgehead atoms. The summed E-state index contributed by atoms with van der Waals surface area (Å²) in [7, 11) is 4.41. The monoisotopic (exact) mass is 571 g/mol. The van der Waals surface area contributed by atoms with Crippen LogP contribution in [0.15, 0.2) is 42.9 Å². The maximum Gasteiger partial charge on any atom is 0.282 e. The molecular weight excluding hydrogens is 529 g/mol. The molecule has 4 heterocycles. The molecule has 1 atom stereocenters. The van der Waals surface area contributed by atoms with Gasteiger partial charge in [0.1, 0.15) is 17.9 Å². The molecule has 0 radical (unpaired) electrons. The molecule has 4 aliphatic rings. The van der Waals surface area contributed by atoms with Crippen molar-refractivity contribution in [1.82, 2.24) is 30.0 Å². The van der Waals surface area contributed by atoms with Crippen molar-refractivity contribution in [3.8, 4) is 22.9 Å². The average molecular weight is 572 g/mol. The smallest absolute Gasteiger partial charge is 0.282 e. The maximum absolute atomic E-state index is 14.5. The van der Waals surface area contributed by atoms with Crippen molar-refractivity contribution in [1.29, 1.82) is 0 Å². The molecule has 7 rings (SSSR count). The Bertz CT molecular complexity index is 1430. The van der Waals surface area contributed by atoms with E-state index < -0.39 is 0 Å². The summed E-state index contributed by atoms with van der Waals surface area (Å²) in [5, 5.41) is 8.42. The number of hydrogen-bond donors (Lipinski definition) is 0. The molecule has 0 amide bonds. The molecule has 1 spiro atoms. The number of likely N-dealkylation sites (tertiary alicyclic amines) is 1. The summed E-state index contributed by atoms with van der Waals surface area (Å²) in [6, 6.07) is 10.0. The van der Waals surface area contributed by atoms with Gasteiger partial charge >= 0.3 is 0 Å². The molecule has 2 aliphatic heterocycles. The van der Waals surface area contributed by atoms with E-state index >= 15 is 0 Å². The highest BCUT2D eigenvalue weighted by Crippen LogP contribution is 2.49. The van der Waals surface area contributed by atoms with Crippen molar-refractivity contribution in [2.24, 2.45) is 17.3 Å². The molecule has 4 fully saturated rings. The minimum Gasteiger partial charge on any atom is -0.434 e. The van der Waals surface area contributed by atoms with E-state index in [1.165, 1.54) is 31.3 Å². The topological polar surface area (TPSA) is 70.5 Å². The van der Waals surface area contributed by atoms with Crippen LogP contribution in [0, 0.1) is 23.1 Å². The number of aromatic nitrogens is 4. The summed E-state index contributed by atoms with van der Waals surface area (Å²) in [5.74, 6) is 3.17. The third-order valence-corrected chi connectivity index (χ3v) is 10.1. The van der Waals surface area contributed by atoms with E-state index in [1.807, 2.05) is 6.07 Å². The Morgan fingerprint density at radius 3 is 2.62 bits per heavy atom. The predicted octanol–water partition coefficient (Wildman–Crippen LogP) is 5.62. The van der Waals surface area contributed by atoms with Crippen LogP contribution in [0.4, 0.5) is 10.2 Å². The molecule has 3 aromatic rings. The highest BCUT2D eigenvalue weighted by molar-refractivity contribution is 5.72. The summed E-state index contributed by atoms with van der Waals surface area (Å²) in [6.45, 7) is 8.88. The highest BCUT2D eigenvalue weighted by Gasteiger charge is 2.53. The Balaban J connectivity index is 1.08. The van der Waals surface area contributed by atoms with Crippen molar-refractivity contribution in [3.05, 3.63) is 54.2 Å². The van der Waals surface area contributed by atoms with Gasteiger partial charge in [0.05, 0.1) is 5.69 Å². The lowest BCUT2D eigenvalue weighted by atomic mass is 9.68. The van der Waals surface area contributed by atoms with E-state index in [1.54, 1.807) is 12.3 Å². The average Bonchev–Trinajstić information content (AvgIpc) is 3.68. The largest absolute Gasteiger partial charge is 0.434 e. The molecule has 2 aliphatic carbocycles. The predicted molar refractivity (Wildman–Crippen MR) is 161 cm³/mol. The van der Waals surface area contributed by atoms with Crippen LogP contribution in [0.3, 0.4) is 0 Å². The first-order valence-corrected chi connectivity index (χ1v) is 15.6. The lowest BCUT2D eigenvalue weighted by Gasteiger charge is -2.57. The first-order chi connectivity index (χ1) is 20.3. The number of halogens is 1. The van der Waals surface area contributed by atoms with Crippen LogP contribution in [0.5, 0.6) is 11.6 Å². The summed E-state index contributed by atoms with van der Waals surface area (Å²) in [5.41, 5.74) is 2.81. The number of benzene rings is 1. The van der Waals surface area contributed by atoms with E-state index in [2.05, 4.69) is 68.9 Å². The number of rotatable bonds is 9. The minimum atomic E-state index is -0.322. The Morgan fingerprint density at radius 2 is 1.88 bits per heavy atom. The molecular formula is C33H42FN7O. The van der Waals surface area contributed by atoms with E-state index in [0.29, 0.717) is 40.9 Å². The molecule has 2 aromatic heterocycles. The number of ether oxygens (including phenoxy) is 1. The molecule has 1 aromatic carbocycles. The lowest BCUT2D eigenvalue weighted by molar-refractivity contribution is -0.0762. The molecule has 8 nitrogen and oxygen atoms in total. The van der Waals surface area contributed by atoms with Gasteiger partial charge in [0.15, 0.2) is 5.82 Å². The number of anilines is 1. The van der Waals surface area contributed by atoms with E-state index in [-0.39, 0.29) is 11.2 Å². The molecule has 42 heavy (non-hydrogen) atoms. The van der Waals surface area contributed by atoms with Crippen LogP contribution in [0.2, 0.25) is 0 Å². The normalized spacial score (nSPS) is 24.2. The quantitative estimate of drug-likeness (QED) is 0.328. The fourth-order valence-corrected chi connectivity index (χ4v) is 7.78. The molecule has 0 N–H and O–H groups in total. The van der Waals surface area contributed by atoms with Crippen molar-refractivity contribution in [2.45, 2.75) is 64.0 Å². The Kier molecular flexibility index (Phi) is 7.13. The van der Waals surface area contributed by atoms with E-state index in [4.69, 9.17) is 4.74 Å². The fourth-order valence-electron chi connectivity index (χ4n) is 7.78. The molecule has 2 saturated heterocycles. The van der Waals surface area contributed by atoms with E-state index in [9.17, 15) is 4.39 Å². The maximum atomic E-state index is 14.5. The van der Waals surface area contributed by atoms with Crippen LogP contribution in [0.1, 0.15) is 57.4 Å². The molecule has 222 valence electrons. The number of pyridine rings is 1. The van der Waals surface area contributed by atoms with Gasteiger partial charge in [0.2, 0.25) is 0 Å². The van der Waals surface area contributed by atoms with Crippen molar-refractivity contribution >= 4 is 5.82 Å². The Hall–Kier alpha value is -3.17.